The van der Waals surface area contributed by atoms with Gasteiger partial charge in [-0.1, -0.05) is 6.08 Å². The molecule has 1 aromatic rings. The Morgan fingerprint density at radius 2 is 1.85 bits per heavy atom. The topological polar surface area (TPSA) is 73.6 Å². The van der Waals surface area contributed by atoms with Crippen LogP contribution in [0, 0.1) is 6.92 Å². The highest BCUT2D eigenvalue weighted by Crippen LogP contribution is 2.38. The van der Waals surface area contributed by atoms with E-state index in [9.17, 15) is 15.3 Å². The Bertz CT molecular complexity index is 347. The van der Waals surface area contributed by atoms with Crippen molar-refractivity contribution < 1.29 is 15.3 Å². The minimum atomic E-state index is -0.524. The summed E-state index contributed by atoms with van der Waals surface area (Å²) in [5, 5.41) is 27.7. The van der Waals surface area contributed by atoms with E-state index in [1.807, 2.05) is 0 Å². The van der Waals surface area contributed by atoms with Gasteiger partial charge in [-0.3, -0.25) is 0 Å². The van der Waals surface area contributed by atoms with Crippen LogP contribution in [0.25, 0.3) is 0 Å². The fourth-order valence-electron chi connectivity index (χ4n) is 1.01. The lowest BCUT2D eigenvalue weighted by atomic mass is 10.2. The van der Waals surface area contributed by atoms with Crippen molar-refractivity contribution in [2.45, 2.75) is 13.3 Å². The molecule has 4 heteroatoms. The third-order valence-electron chi connectivity index (χ3n) is 1.71. The molecule has 3 N–H and O–H groups in total. The van der Waals surface area contributed by atoms with Crippen LogP contribution in [-0.4, -0.2) is 20.3 Å². The summed E-state index contributed by atoms with van der Waals surface area (Å²) in [4.78, 5) is 3.89. The van der Waals surface area contributed by atoms with Crippen LogP contribution in [0.15, 0.2) is 12.7 Å². The summed E-state index contributed by atoms with van der Waals surface area (Å²) >= 11 is 0. The van der Waals surface area contributed by atoms with Crippen LogP contribution in [0.4, 0.5) is 0 Å². The molecule has 0 aromatic carbocycles. The lowest BCUT2D eigenvalue weighted by Crippen LogP contribution is -1.92. The number of hydrogen-bond donors (Lipinski definition) is 3. The van der Waals surface area contributed by atoms with Crippen molar-refractivity contribution in [3.63, 3.8) is 0 Å². The quantitative estimate of drug-likeness (QED) is 0.600. The first-order chi connectivity index (χ1) is 6.07. The van der Waals surface area contributed by atoms with Gasteiger partial charge in [0.25, 0.3) is 0 Å². The van der Waals surface area contributed by atoms with Crippen molar-refractivity contribution in [3.8, 4) is 17.2 Å². The standard InChI is InChI=1S/C9H11NO3/c1-3-4-6-8(12)9(13)7(11)5(2)10-6/h3,11-12H,1,4H2,2H3,(H,10,13). The summed E-state index contributed by atoms with van der Waals surface area (Å²) in [7, 11) is 0. The Balaban J connectivity index is 3.31. The summed E-state index contributed by atoms with van der Waals surface area (Å²) in [5.41, 5.74) is 0.593. The number of rotatable bonds is 2. The van der Waals surface area contributed by atoms with Crippen LogP contribution >= 0.6 is 0 Å². The first-order valence-corrected chi connectivity index (χ1v) is 3.79. The van der Waals surface area contributed by atoms with Gasteiger partial charge in [-0.25, -0.2) is 4.98 Å². The lowest BCUT2D eigenvalue weighted by Gasteiger charge is -2.07. The van der Waals surface area contributed by atoms with Gasteiger partial charge in [0.2, 0.25) is 5.75 Å². The molecule has 4 nitrogen and oxygen atoms in total. The number of nitrogens with zero attached hydrogens (tertiary/aromatic N) is 1. The van der Waals surface area contributed by atoms with E-state index in [1.54, 1.807) is 13.0 Å². The smallest absolute Gasteiger partial charge is 0.204 e. The number of hydrogen-bond acceptors (Lipinski definition) is 4. The molecule has 0 radical (unpaired) electrons. The van der Waals surface area contributed by atoms with Crippen molar-refractivity contribution in [1.29, 1.82) is 0 Å². The summed E-state index contributed by atoms with van der Waals surface area (Å²) < 4.78 is 0. The Hall–Kier alpha value is -1.71. The van der Waals surface area contributed by atoms with E-state index in [0.29, 0.717) is 12.1 Å². The second-order valence-corrected chi connectivity index (χ2v) is 2.68. The highest BCUT2D eigenvalue weighted by molar-refractivity contribution is 5.53. The van der Waals surface area contributed by atoms with Gasteiger partial charge in [0.05, 0.1) is 11.4 Å². The average Bonchev–Trinajstić information content (AvgIpc) is 2.11. The van der Waals surface area contributed by atoms with Crippen LogP contribution in [-0.2, 0) is 6.42 Å². The van der Waals surface area contributed by atoms with Gasteiger partial charge >= 0.3 is 0 Å². The molecule has 0 bridgehead atoms. The highest BCUT2D eigenvalue weighted by atomic mass is 16.3. The number of aryl methyl sites for hydroxylation is 1. The maximum absolute atomic E-state index is 9.31. The van der Waals surface area contributed by atoms with Crippen LogP contribution in [0.1, 0.15) is 11.4 Å². The van der Waals surface area contributed by atoms with Crippen LogP contribution in [0.2, 0.25) is 0 Å². The molecule has 0 atom stereocenters. The molecule has 0 aliphatic carbocycles. The SMILES string of the molecule is C=CCc1nc(C)c(O)c(O)c1O. The number of aromatic hydroxyl groups is 3. The van der Waals surface area contributed by atoms with E-state index in [2.05, 4.69) is 11.6 Å². The van der Waals surface area contributed by atoms with Crippen LogP contribution < -0.4 is 0 Å². The first-order valence-electron chi connectivity index (χ1n) is 3.79. The molecule has 0 saturated heterocycles. The minimum Gasteiger partial charge on any atom is -0.503 e. The lowest BCUT2D eigenvalue weighted by molar-refractivity contribution is 0.359. The molecule has 0 unspecified atom stereocenters. The van der Waals surface area contributed by atoms with E-state index < -0.39 is 5.75 Å². The molecule has 1 aromatic heterocycles. The normalized spacial score (nSPS) is 9.92. The van der Waals surface area contributed by atoms with Gasteiger partial charge in [-0.15, -0.1) is 6.58 Å². The molecule has 1 rings (SSSR count). The molecule has 0 fully saturated rings. The van der Waals surface area contributed by atoms with Crippen molar-refractivity contribution in [3.05, 3.63) is 24.0 Å². The number of pyridine rings is 1. The third-order valence-corrected chi connectivity index (χ3v) is 1.71. The van der Waals surface area contributed by atoms with Crippen molar-refractivity contribution in [1.82, 2.24) is 4.98 Å². The molecule has 0 aliphatic heterocycles. The molecule has 0 aliphatic rings. The monoisotopic (exact) mass is 181 g/mol. The summed E-state index contributed by atoms with van der Waals surface area (Å²) in [6, 6.07) is 0. The zero-order valence-corrected chi connectivity index (χ0v) is 7.28. The molecule has 70 valence electrons. The second kappa shape index (κ2) is 3.35. The van der Waals surface area contributed by atoms with E-state index in [1.165, 1.54) is 0 Å². The molecular weight excluding hydrogens is 170 g/mol. The predicted molar refractivity (Wildman–Crippen MR) is 47.9 cm³/mol. The fraction of sp³-hybridized carbons (Fsp3) is 0.222. The van der Waals surface area contributed by atoms with Gasteiger partial charge < -0.3 is 15.3 Å². The highest BCUT2D eigenvalue weighted by Gasteiger charge is 2.14. The van der Waals surface area contributed by atoms with Crippen LogP contribution in [0.3, 0.4) is 0 Å². The van der Waals surface area contributed by atoms with Gasteiger partial charge in [0.1, 0.15) is 0 Å². The fourth-order valence-corrected chi connectivity index (χ4v) is 1.01. The number of aromatic nitrogens is 1. The Morgan fingerprint density at radius 3 is 2.38 bits per heavy atom. The van der Waals surface area contributed by atoms with Gasteiger partial charge in [-0.05, 0) is 6.92 Å². The maximum Gasteiger partial charge on any atom is 0.204 e. The number of allylic oxidation sites excluding steroid dienone is 1. The van der Waals surface area contributed by atoms with Crippen molar-refractivity contribution in [2.24, 2.45) is 0 Å². The van der Waals surface area contributed by atoms with Crippen molar-refractivity contribution in [2.75, 3.05) is 0 Å². The summed E-state index contributed by atoms with van der Waals surface area (Å²) in [6.45, 7) is 5.03. The Kier molecular flexibility index (Phi) is 2.41. The van der Waals surface area contributed by atoms with Crippen LogP contribution in [0.5, 0.6) is 17.2 Å². The van der Waals surface area contributed by atoms with Gasteiger partial charge in [0, 0.05) is 6.42 Å². The first kappa shape index (κ1) is 9.38. The van der Waals surface area contributed by atoms with E-state index in [4.69, 9.17) is 0 Å². The van der Waals surface area contributed by atoms with E-state index in [0.717, 1.165) is 0 Å². The maximum atomic E-state index is 9.31. The largest absolute Gasteiger partial charge is 0.503 e. The average molecular weight is 181 g/mol. The molecule has 0 amide bonds. The molecule has 0 spiro atoms. The summed E-state index contributed by atoms with van der Waals surface area (Å²) in [6.07, 6.45) is 1.90. The van der Waals surface area contributed by atoms with E-state index >= 15 is 0 Å². The molecule has 0 saturated carbocycles. The zero-order valence-electron chi connectivity index (χ0n) is 7.28. The molecular formula is C9H11NO3. The molecule has 1 heterocycles. The Labute approximate surface area is 75.8 Å². The second-order valence-electron chi connectivity index (χ2n) is 2.68. The Morgan fingerprint density at radius 1 is 1.23 bits per heavy atom. The van der Waals surface area contributed by atoms with Gasteiger partial charge in [-0.2, -0.15) is 0 Å². The molecule has 13 heavy (non-hydrogen) atoms. The van der Waals surface area contributed by atoms with Gasteiger partial charge in [0.15, 0.2) is 11.5 Å². The van der Waals surface area contributed by atoms with E-state index in [-0.39, 0.29) is 17.2 Å². The summed E-state index contributed by atoms with van der Waals surface area (Å²) in [5.74, 6) is -1.29. The predicted octanol–water partition coefficient (Wildman–Crippen LogP) is 1.24. The van der Waals surface area contributed by atoms with Crippen molar-refractivity contribution >= 4 is 0 Å². The third kappa shape index (κ3) is 1.56. The zero-order chi connectivity index (χ0) is 10.0. The minimum absolute atomic E-state index is 0.284.